The monoisotopic (exact) mass is 299 g/mol. The highest BCUT2D eigenvalue weighted by Crippen LogP contribution is 2.36. The first kappa shape index (κ1) is 13.9. The van der Waals surface area contributed by atoms with Crippen molar-refractivity contribution in [2.24, 2.45) is 0 Å². The van der Waals surface area contributed by atoms with Gasteiger partial charge >= 0.3 is 0 Å². The summed E-state index contributed by atoms with van der Waals surface area (Å²) in [5.74, 6) is -1.97. The Morgan fingerprint density at radius 1 is 1.14 bits per heavy atom. The molecule has 0 amide bonds. The van der Waals surface area contributed by atoms with Crippen LogP contribution < -0.4 is 0 Å². The van der Waals surface area contributed by atoms with Crippen LogP contribution in [-0.4, -0.2) is 27.2 Å². The van der Waals surface area contributed by atoms with Gasteiger partial charge in [-0.15, -0.1) is 0 Å². The van der Waals surface area contributed by atoms with Crippen LogP contribution >= 0.6 is 0 Å². The number of fused-ring (bicyclic) bond motifs is 1. The molecule has 1 aliphatic carbocycles. The summed E-state index contributed by atoms with van der Waals surface area (Å²) in [5.41, 5.74) is -3.86. The zero-order valence-electron chi connectivity index (χ0n) is 11.1. The summed E-state index contributed by atoms with van der Waals surface area (Å²) in [6.07, 6.45) is 2.15. The van der Waals surface area contributed by atoms with Gasteiger partial charge in [-0.05, 0) is 12.1 Å². The van der Waals surface area contributed by atoms with E-state index in [9.17, 15) is 24.8 Å². The van der Waals surface area contributed by atoms with E-state index in [1.165, 1.54) is 42.7 Å². The van der Waals surface area contributed by atoms with Crippen LogP contribution in [0.4, 0.5) is 0 Å². The average Bonchev–Trinajstić information content (AvgIpc) is 3.08. The van der Waals surface area contributed by atoms with Crippen LogP contribution in [0.15, 0.2) is 52.8 Å². The molecule has 0 fully saturated rings. The van der Waals surface area contributed by atoms with Gasteiger partial charge in [-0.2, -0.15) is 0 Å². The van der Waals surface area contributed by atoms with Crippen molar-refractivity contribution >= 4 is 17.6 Å². The van der Waals surface area contributed by atoms with Gasteiger partial charge in [0, 0.05) is 11.1 Å². The molecule has 1 aromatic heterocycles. The molecule has 110 valence electrons. The van der Waals surface area contributed by atoms with Crippen LogP contribution in [0.5, 0.6) is 0 Å². The minimum absolute atomic E-state index is 0.0396. The van der Waals surface area contributed by atoms with Crippen molar-refractivity contribution in [3.63, 3.8) is 0 Å². The van der Waals surface area contributed by atoms with Crippen LogP contribution in [0.3, 0.4) is 0 Å². The first-order valence-electron chi connectivity index (χ1n) is 6.27. The lowest BCUT2D eigenvalue weighted by molar-refractivity contribution is -0.435. The van der Waals surface area contributed by atoms with E-state index in [-0.39, 0.29) is 16.9 Å². The van der Waals surface area contributed by atoms with Gasteiger partial charge in [0.2, 0.25) is 11.6 Å². The molecule has 0 unspecified atom stereocenters. The molecule has 7 heteroatoms. The summed E-state index contributed by atoms with van der Waals surface area (Å²) in [6.45, 7) is 0. The molecule has 7 nitrogen and oxygen atoms in total. The molecular formula is C15H9NO6. The molecule has 0 saturated heterocycles. The van der Waals surface area contributed by atoms with Crippen LogP contribution in [-0.2, 0) is 0 Å². The number of aliphatic hydroxyl groups is 1. The number of furan rings is 1. The van der Waals surface area contributed by atoms with Crippen molar-refractivity contribution in [1.29, 1.82) is 0 Å². The Kier molecular flexibility index (Phi) is 3.00. The average molecular weight is 299 g/mol. The van der Waals surface area contributed by atoms with E-state index < -0.39 is 27.8 Å². The second kappa shape index (κ2) is 4.74. The molecule has 1 aliphatic rings. The molecule has 1 aromatic carbocycles. The number of carbonyl (C=O) groups excluding carboxylic acids is 2. The number of carbonyl (C=O) groups is 2. The fourth-order valence-electron chi connectivity index (χ4n) is 2.40. The van der Waals surface area contributed by atoms with E-state index in [1.54, 1.807) is 0 Å². The Morgan fingerprint density at radius 3 is 2.18 bits per heavy atom. The highest BCUT2D eigenvalue weighted by atomic mass is 16.6. The molecule has 3 rings (SSSR count). The van der Waals surface area contributed by atoms with Gasteiger partial charge in [0.25, 0.3) is 11.3 Å². The summed E-state index contributed by atoms with van der Waals surface area (Å²) in [7, 11) is 0. The maximum Gasteiger partial charge on any atom is 0.297 e. The van der Waals surface area contributed by atoms with Gasteiger partial charge < -0.3 is 9.52 Å². The third kappa shape index (κ3) is 1.80. The van der Waals surface area contributed by atoms with Crippen molar-refractivity contribution in [3.05, 3.63) is 75.4 Å². The Balaban J connectivity index is 2.19. The van der Waals surface area contributed by atoms with E-state index >= 15 is 0 Å². The first-order chi connectivity index (χ1) is 10.5. The summed E-state index contributed by atoms with van der Waals surface area (Å²) in [6, 6.07) is 8.61. The second-order valence-corrected chi connectivity index (χ2v) is 4.72. The number of nitro groups is 1. The van der Waals surface area contributed by atoms with Crippen molar-refractivity contribution in [2.45, 2.75) is 5.60 Å². The zero-order valence-corrected chi connectivity index (χ0v) is 11.1. The second-order valence-electron chi connectivity index (χ2n) is 4.72. The molecule has 0 saturated carbocycles. The number of rotatable bonds is 3. The molecule has 0 spiro atoms. The molecule has 0 radical (unpaired) electrons. The zero-order chi connectivity index (χ0) is 15.9. The quantitative estimate of drug-likeness (QED) is 0.524. The molecule has 1 heterocycles. The van der Waals surface area contributed by atoms with Crippen LogP contribution in [0, 0.1) is 10.1 Å². The minimum Gasteiger partial charge on any atom is -0.465 e. The van der Waals surface area contributed by atoms with Crippen LogP contribution in [0.2, 0.25) is 0 Å². The van der Waals surface area contributed by atoms with Crippen LogP contribution in [0.1, 0.15) is 26.5 Å². The van der Waals surface area contributed by atoms with E-state index in [4.69, 9.17) is 4.42 Å². The molecule has 0 aliphatic heterocycles. The molecule has 0 bridgehead atoms. The van der Waals surface area contributed by atoms with E-state index in [0.29, 0.717) is 0 Å². The largest absolute Gasteiger partial charge is 0.465 e. The normalized spacial score (nSPS) is 16.7. The SMILES string of the molecule is O=C1c2ccccc2C(=O)C1(O)/C(=C/c1ccco1)[N+](=O)[O-]. The van der Waals surface area contributed by atoms with Gasteiger partial charge in [-0.25, -0.2) is 0 Å². The fourth-order valence-corrected chi connectivity index (χ4v) is 2.40. The highest BCUT2D eigenvalue weighted by Gasteiger charge is 2.60. The van der Waals surface area contributed by atoms with E-state index in [2.05, 4.69) is 0 Å². The lowest BCUT2D eigenvalue weighted by Gasteiger charge is -2.15. The van der Waals surface area contributed by atoms with Crippen molar-refractivity contribution in [3.8, 4) is 0 Å². The van der Waals surface area contributed by atoms with E-state index in [0.717, 1.165) is 6.08 Å². The highest BCUT2D eigenvalue weighted by molar-refractivity contribution is 6.33. The molecule has 2 aromatic rings. The van der Waals surface area contributed by atoms with Gasteiger partial charge in [0.15, 0.2) is 0 Å². The summed E-state index contributed by atoms with van der Waals surface area (Å²) >= 11 is 0. The Hall–Kier alpha value is -3.06. The van der Waals surface area contributed by atoms with Crippen molar-refractivity contribution in [2.75, 3.05) is 0 Å². The Labute approximate surface area is 123 Å². The van der Waals surface area contributed by atoms with Crippen molar-refractivity contribution < 1.29 is 24.0 Å². The van der Waals surface area contributed by atoms with Gasteiger partial charge in [-0.1, -0.05) is 24.3 Å². The molecule has 0 atom stereocenters. The van der Waals surface area contributed by atoms with Gasteiger partial charge in [-0.3, -0.25) is 19.7 Å². The number of Topliss-reactive ketones (excluding diaryl/α,β-unsaturated/α-hetero) is 2. The number of benzene rings is 1. The van der Waals surface area contributed by atoms with Gasteiger partial charge in [0.05, 0.1) is 17.3 Å². The minimum atomic E-state index is -2.85. The summed E-state index contributed by atoms with van der Waals surface area (Å²) < 4.78 is 4.95. The Morgan fingerprint density at radius 2 is 1.73 bits per heavy atom. The third-order valence-electron chi connectivity index (χ3n) is 3.46. The lowest BCUT2D eigenvalue weighted by Crippen LogP contribution is -2.45. The number of ketones is 2. The summed E-state index contributed by atoms with van der Waals surface area (Å²) in [5, 5.41) is 21.8. The molecule has 1 N–H and O–H groups in total. The third-order valence-corrected chi connectivity index (χ3v) is 3.46. The predicted octanol–water partition coefficient (Wildman–Crippen LogP) is 1.71. The fraction of sp³-hybridized carbons (Fsp3) is 0.0667. The van der Waals surface area contributed by atoms with Crippen molar-refractivity contribution in [1.82, 2.24) is 0 Å². The topological polar surface area (TPSA) is 111 Å². The number of nitrogens with zero attached hydrogens (tertiary/aromatic N) is 1. The number of hydrogen-bond acceptors (Lipinski definition) is 6. The first-order valence-corrected chi connectivity index (χ1v) is 6.27. The maximum absolute atomic E-state index is 12.4. The Bertz CT molecular complexity index is 783. The molecular weight excluding hydrogens is 290 g/mol. The maximum atomic E-state index is 12.4. The standard InChI is InChI=1S/C15H9NO6/c17-13-10-5-1-2-6-11(10)14(18)15(13,19)12(16(20)21)8-9-4-3-7-22-9/h1-8,19H/b12-8-. The van der Waals surface area contributed by atoms with Gasteiger partial charge in [0.1, 0.15) is 5.76 Å². The molecule has 22 heavy (non-hydrogen) atoms. The smallest absolute Gasteiger partial charge is 0.297 e. The lowest BCUT2D eigenvalue weighted by atomic mass is 9.93. The van der Waals surface area contributed by atoms with Crippen LogP contribution in [0.25, 0.3) is 6.08 Å². The summed E-state index contributed by atoms with van der Waals surface area (Å²) in [4.78, 5) is 35.1. The number of hydrogen-bond donors (Lipinski definition) is 1. The van der Waals surface area contributed by atoms with E-state index in [1.807, 2.05) is 0 Å². The predicted molar refractivity (Wildman–Crippen MR) is 73.7 cm³/mol.